The molecule has 1 heterocycles. The Morgan fingerprint density at radius 3 is 2.64 bits per heavy atom. The zero-order valence-electron chi connectivity index (χ0n) is 8.74. The molecule has 0 saturated carbocycles. The number of aromatic nitrogens is 1. The Hall–Kier alpha value is -0.760. The van der Waals surface area contributed by atoms with Gasteiger partial charge in [-0.25, -0.2) is 0 Å². The number of H-pyrrole nitrogens is 1. The van der Waals surface area contributed by atoms with E-state index in [4.69, 9.17) is 0 Å². The fraction of sp³-hybridized carbons (Fsp3) is 0.333. The molecule has 0 aliphatic rings. The number of hydrogen-bond acceptors (Lipinski definition) is 0. The van der Waals surface area contributed by atoms with E-state index in [0.29, 0.717) is 0 Å². The highest BCUT2D eigenvalue weighted by atomic mass is 79.9. The SMILES string of the molecule is CCc1c(C)[nH]c2c(C)ccc(Br)c12. The summed E-state index contributed by atoms with van der Waals surface area (Å²) in [5.74, 6) is 0. The lowest BCUT2D eigenvalue weighted by atomic mass is 10.1. The monoisotopic (exact) mass is 251 g/mol. The summed E-state index contributed by atoms with van der Waals surface area (Å²) in [6.45, 7) is 6.49. The average Bonchev–Trinajstić information content (AvgIpc) is 2.50. The van der Waals surface area contributed by atoms with E-state index < -0.39 is 0 Å². The molecule has 0 radical (unpaired) electrons. The van der Waals surface area contributed by atoms with Crippen molar-refractivity contribution in [1.82, 2.24) is 4.98 Å². The van der Waals surface area contributed by atoms with Crippen LogP contribution >= 0.6 is 15.9 Å². The van der Waals surface area contributed by atoms with Crippen molar-refractivity contribution in [3.63, 3.8) is 0 Å². The molecule has 2 aromatic rings. The average molecular weight is 252 g/mol. The molecule has 1 aromatic carbocycles. The number of nitrogens with one attached hydrogen (secondary N) is 1. The van der Waals surface area contributed by atoms with Gasteiger partial charge in [0.25, 0.3) is 0 Å². The summed E-state index contributed by atoms with van der Waals surface area (Å²) >= 11 is 3.62. The smallest absolute Gasteiger partial charge is 0.0500 e. The van der Waals surface area contributed by atoms with Gasteiger partial charge in [-0.05, 0) is 37.5 Å². The molecule has 1 nitrogen and oxygen atoms in total. The van der Waals surface area contributed by atoms with Crippen molar-refractivity contribution in [2.75, 3.05) is 0 Å². The van der Waals surface area contributed by atoms with Crippen molar-refractivity contribution < 1.29 is 0 Å². The van der Waals surface area contributed by atoms with Crippen molar-refractivity contribution in [1.29, 1.82) is 0 Å². The Labute approximate surface area is 92.6 Å². The summed E-state index contributed by atoms with van der Waals surface area (Å²) in [4.78, 5) is 3.46. The first-order chi connectivity index (χ1) is 6.65. The zero-order chi connectivity index (χ0) is 10.3. The van der Waals surface area contributed by atoms with Crippen LogP contribution in [-0.4, -0.2) is 4.98 Å². The lowest BCUT2D eigenvalue weighted by Gasteiger charge is -2.00. The van der Waals surface area contributed by atoms with Gasteiger partial charge in [-0.2, -0.15) is 0 Å². The van der Waals surface area contributed by atoms with Crippen molar-refractivity contribution in [3.05, 3.63) is 33.4 Å². The molecule has 0 atom stereocenters. The van der Waals surface area contributed by atoms with Crippen LogP contribution < -0.4 is 0 Å². The maximum atomic E-state index is 3.62. The number of rotatable bonds is 1. The van der Waals surface area contributed by atoms with Gasteiger partial charge in [0, 0.05) is 21.1 Å². The van der Waals surface area contributed by atoms with Crippen molar-refractivity contribution in [3.8, 4) is 0 Å². The molecule has 1 aromatic heterocycles. The van der Waals surface area contributed by atoms with Gasteiger partial charge >= 0.3 is 0 Å². The van der Waals surface area contributed by atoms with Crippen molar-refractivity contribution in [2.24, 2.45) is 0 Å². The lowest BCUT2D eigenvalue weighted by molar-refractivity contribution is 1.11. The van der Waals surface area contributed by atoms with E-state index in [-0.39, 0.29) is 0 Å². The van der Waals surface area contributed by atoms with Crippen molar-refractivity contribution >= 4 is 26.8 Å². The molecule has 2 rings (SSSR count). The second-order valence-electron chi connectivity index (χ2n) is 3.70. The van der Waals surface area contributed by atoms with E-state index in [9.17, 15) is 0 Å². The zero-order valence-corrected chi connectivity index (χ0v) is 10.3. The largest absolute Gasteiger partial charge is 0.358 e. The van der Waals surface area contributed by atoms with Crippen LogP contribution in [0.5, 0.6) is 0 Å². The third-order valence-electron chi connectivity index (χ3n) is 2.78. The second kappa shape index (κ2) is 3.43. The summed E-state index contributed by atoms with van der Waals surface area (Å²) in [5, 5.41) is 1.35. The van der Waals surface area contributed by atoms with Gasteiger partial charge in [-0.3, -0.25) is 0 Å². The van der Waals surface area contributed by atoms with Gasteiger partial charge in [-0.15, -0.1) is 0 Å². The second-order valence-corrected chi connectivity index (χ2v) is 4.55. The summed E-state index contributed by atoms with van der Waals surface area (Å²) in [7, 11) is 0. The fourth-order valence-electron chi connectivity index (χ4n) is 2.03. The maximum absolute atomic E-state index is 3.62. The number of aryl methyl sites for hydroxylation is 3. The summed E-state index contributed by atoms with van der Waals surface area (Å²) < 4.78 is 1.19. The van der Waals surface area contributed by atoms with E-state index in [1.54, 1.807) is 0 Å². The minimum atomic E-state index is 1.08. The number of aromatic amines is 1. The fourth-order valence-corrected chi connectivity index (χ4v) is 2.60. The van der Waals surface area contributed by atoms with E-state index in [2.05, 4.69) is 53.8 Å². The first-order valence-corrected chi connectivity index (χ1v) is 5.70. The maximum Gasteiger partial charge on any atom is 0.0500 e. The van der Waals surface area contributed by atoms with Crippen LogP contribution in [0.15, 0.2) is 16.6 Å². The normalized spacial score (nSPS) is 11.1. The molecule has 0 aliphatic carbocycles. The summed E-state index contributed by atoms with van der Waals surface area (Å²) in [6.07, 6.45) is 1.08. The molecule has 0 fully saturated rings. The number of benzene rings is 1. The molecular formula is C12H14BrN. The Morgan fingerprint density at radius 2 is 2.00 bits per heavy atom. The first kappa shape index (κ1) is 9.78. The first-order valence-electron chi connectivity index (χ1n) is 4.91. The van der Waals surface area contributed by atoms with Gasteiger partial charge in [0.15, 0.2) is 0 Å². The van der Waals surface area contributed by atoms with Gasteiger partial charge < -0.3 is 4.98 Å². The summed E-state index contributed by atoms with van der Waals surface area (Å²) in [6, 6.07) is 4.27. The quantitative estimate of drug-likeness (QED) is 0.786. The predicted molar refractivity (Wildman–Crippen MR) is 64.9 cm³/mol. The standard InChI is InChI=1S/C12H14BrN/c1-4-9-8(3)14-12-7(2)5-6-10(13)11(9)12/h5-6,14H,4H2,1-3H3. The van der Waals surface area contributed by atoms with E-state index in [1.807, 2.05) is 0 Å². The Kier molecular flexibility index (Phi) is 2.40. The molecule has 14 heavy (non-hydrogen) atoms. The highest BCUT2D eigenvalue weighted by Gasteiger charge is 2.10. The van der Waals surface area contributed by atoms with Gasteiger partial charge in [-0.1, -0.05) is 28.9 Å². The van der Waals surface area contributed by atoms with Gasteiger partial charge in [0.1, 0.15) is 0 Å². The summed E-state index contributed by atoms with van der Waals surface area (Å²) in [5.41, 5.74) is 5.30. The highest BCUT2D eigenvalue weighted by molar-refractivity contribution is 9.10. The van der Waals surface area contributed by atoms with Crippen LogP contribution in [-0.2, 0) is 6.42 Å². The molecule has 0 aliphatic heterocycles. The van der Waals surface area contributed by atoms with Gasteiger partial charge in [0.05, 0.1) is 0 Å². The highest BCUT2D eigenvalue weighted by Crippen LogP contribution is 2.31. The Balaban J connectivity index is 2.93. The van der Waals surface area contributed by atoms with Crippen LogP contribution in [0.25, 0.3) is 10.9 Å². The van der Waals surface area contributed by atoms with Gasteiger partial charge in [0.2, 0.25) is 0 Å². The predicted octanol–water partition coefficient (Wildman–Crippen LogP) is 4.11. The molecular weight excluding hydrogens is 238 g/mol. The minimum Gasteiger partial charge on any atom is -0.358 e. The topological polar surface area (TPSA) is 15.8 Å². The molecule has 2 heteroatoms. The molecule has 0 amide bonds. The molecule has 74 valence electrons. The van der Waals surface area contributed by atoms with E-state index >= 15 is 0 Å². The number of fused-ring (bicyclic) bond motifs is 1. The molecule has 1 N–H and O–H groups in total. The van der Waals surface area contributed by atoms with Crippen LogP contribution in [0, 0.1) is 13.8 Å². The van der Waals surface area contributed by atoms with Crippen LogP contribution in [0.2, 0.25) is 0 Å². The third kappa shape index (κ3) is 1.29. The molecule has 0 bridgehead atoms. The van der Waals surface area contributed by atoms with Crippen LogP contribution in [0.4, 0.5) is 0 Å². The molecule has 0 unspecified atom stereocenters. The Morgan fingerprint density at radius 1 is 1.29 bits per heavy atom. The van der Waals surface area contributed by atoms with E-state index in [1.165, 1.54) is 32.2 Å². The molecule has 0 saturated heterocycles. The third-order valence-corrected chi connectivity index (χ3v) is 3.44. The number of halogens is 1. The number of hydrogen-bond donors (Lipinski definition) is 1. The van der Waals surface area contributed by atoms with Crippen LogP contribution in [0.1, 0.15) is 23.7 Å². The lowest BCUT2D eigenvalue weighted by Crippen LogP contribution is -1.81. The minimum absolute atomic E-state index is 1.08. The van der Waals surface area contributed by atoms with E-state index in [0.717, 1.165) is 6.42 Å². The Bertz CT molecular complexity index is 483. The van der Waals surface area contributed by atoms with Crippen LogP contribution in [0.3, 0.4) is 0 Å². The van der Waals surface area contributed by atoms with Crippen molar-refractivity contribution in [2.45, 2.75) is 27.2 Å². The molecule has 0 spiro atoms.